The summed E-state index contributed by atoms with van der Waals surface area (Å²) in [4.78, 5) is 24.5. The highest BCUT2D eigenvalue weighted by Gasteiger charge is 2.23. The van der Waals surface area contributed by atoms with Gasteiger partial charge in [-0.2, -0.15) is 0 Å². The number of carbonyl (C=O) groups is 1. The van der Waals surface area contributed by atoms with E-state index in [1.165, 1.54) is 0 Å². The third-order valence-corrected chi connectivity index (χ3v) is 3.36. The van der Waals surface area contributed by atoms with Crippen molar-refractivity contribution in [1.82, 2.24) is 0 Å². The highest BCUT2D eigenvalue weighted by Crippen LogP contribution is 2.30. The van der Waals surface area contributed by atoms with Crippen LogP contribution in [-0.4, -0.2) is 12.6 Å². The number of para-hydroxylation sites is 1. The monoisotopic (exact) mass is 294 g/mol. The van der Waals surface area contributed by atoms with Crippen molar-refractivity contribution in [1.29, 1.82) is 0 Å². The second-order valence-electron chi connectivity index (χ2n) is 4.72. The minimum absolute atomic E-state index is 0.0632. The third kappa shape index (κ3) is 2.39. The van der Waals surface area contributed by atoms with E-state index in [1.54, 1.807) is 19.1 Å². The lowest BCUT2D eigenvalue weighted by Crippen LogP contribution is -2.18. The first-order valence-corrected chi connectivity index (χ1v) is 7.00. The Kier molecular flexibility index (Phi) is 3.74. The fourth-order valence-corrected chi connectivity index (χ4v) is 2.44. The maximum atomic E-state index is 12.3. The van der Waals surface area contributed by atoms with Gasteiger partial charge in [-0.1, -0.05) is 48.5 Å². The Balaban J connectivity index is 2.41. The van der Waals surface area contributed by atoms with Gasteiger partial charge in [0.15, 0.2) is 5.56 Å². The van der Waals surface area contributed by atoms with Crippen LogP contribution in [0.1, 0.15) is 17.3 Å². The molecule has 0 spiro atoms. The lowest BCUT2D eigenvalue weighted by Gasteiger charge is -2.11. The first-order valence-electron chi connectivity index (χ1n) is 7.00. The van der Waals surface area contributed by atoms with Gasteiger partial charge >= 0.3 is 11.6 Å². The Labute approximate surface area is 127 Å². The van der Waals surface area contributed by atoms with E-state index in [2.05, 4.69) is 0 Å². The highest BCUT2D eigenvalue weighted by atomic mass is 16.5. The summed E-state index contributed by atoms with van der Waals surface area (Å²) in [7, 11) is 0. The van der Waals surface area contributed by atoms with Crippen LogP contribution in [0.4, 0.5) is 0 Å². The van der Waals surface area contributed by atoms with Crippen LogP contribution in [0.2, 0.25) is 0 Å². The lowest BCUT2D eigenvalue weighted by molar-refractivity contribution is 0.0523. The molecule has 4 nitrogen and oxygen atoms in total. The first kappa shape index (κ1) is 14.1. The average Bonchev–Trinajstić information content (AvgIpc) is 2.54. The minimum Gasteiger partial charge on any atom is -0.462 e. The largest absolute Gasteiger partial charge is 0.462 e. The molecule has 0 N–H and O–H groups in total. The third-order valence-electron chi connectivity index (χ3n) is 3.36. The van der Waals surface area contributed by atoms with Crippen molar-refractivity contribution < 1.29 is 13.9 Å². The average molecular weight is 294 g/mol. The lowest BCUT2D eigenvalue weighted by atomic mass is 9.97. The number of benzene rings is 2. The molecule has 4 heteroatoms. The molecule has 0 amide bonds. The summed E-state index contributed by atoms with van der Waals surface area (Å²) >= 11 is 0. The molecular formula is C18H14O4. The molecule has 0 unspecified atom stereocenters. The molecule has 0 saturated carbocycles. The molecule has 0 fully saturated rings. The summed E-state index contributed by atoms with van der Waals surface area (Å²) in [5.41, 5.74) is 1.02. The van der Waals surface area contributed by atoms with Crippen LogP contribution in [0.3, 0.4) is 0 Å². The molecule has 0 saturated heterocycles. The Morgan fingerprint density at radius 1 is 1.05 bits per heavy atom. The topological polar surface area (TPSA) is 56.5 Å². The quantitative estimate of drug-likeness (QED) is 0.546. The standard InChI is InChI=1S/C18H14O4/c1-2-21-17(19)16-15(12-8-4-3-5-9-12)13-10-6-7-11-14(13)22-18(16)20/h3-11H,2H2,1H3. The number of hydrogen-bond acceptors (Lipinski definition) is 4. The van der Waals surface area contributed by atoms with E-state index in [9.17, 15) is 9.59 Å². The number of hydrogen-bond donors (Lipinski definition) is 0. The van der Waals surface area contributed by atoms with Crippen LogP contribution in [0.25, 0.3) is 22.1 Å². The van der Waals surface area contributed by atoms with Crippen molar-refractivity contribution in [2.45, 2.75) is 6.92 Å². The molecule has 1 aromatic heterocycles. The molecule has 0 aliphatic heterocycles. The number of fused-ring (bicyclic) bond motifs is 1. The zero-order valence-corrected chi connectivity index (χ0v) is 12.0. The van der Waals surface area contributed by atoms with Gasteiger partial charge in [0.05, 0.1) is 6.61 Å². The molecule has 0 atom stereocenters. The predicted octanol–water partition coefficient (Wildman–Crippen LogP) is 3.64. The maximum absolute atomic E-state index is 12.3. The molecule has 0 radical (unpaired) electrons. The SMILES string of the molecule is CCOC(=O)c1c(-c2ccccc2)c2ccccc2oc1=O. The summed E-state index contributed by atoms with van der Waals surface area (Å²) in [6, 6.07) is 16.4. The van der Waals surface area contributed by atoms with E-state index >= 15 is 0 Å². The molecule has 2 aromatic carbocycles. The zero-order valence-electron chi connectivity index (χ0n) is 12.0. The van der Waals surface area contributed by atoms with Gasteiger partial charge < -0.3 is 9.15 Å². The summed E-state index contributed by atoms with van der Waals surface area (Å²) in [5, 5.41) is 0.705. The van der Waals surface area contributed by atoms with Gasteiger partial charge in [-0.15, -0.1) is 0 Å². The van der Waals surface area contributed by atoms with Gasteiger partial charge in [0.25, 0.3) is 0 Å². The van der Waals surface area contributed by atoms with Crippen LogP contribution in [-0.2, 0) is 4.74 Å². The van der Waals surface area contributed by atoms with E-state index < -0.39 is 11.6 Å². The second kappa shape index (κ2) is 5.85. The summed E-state index contributed by atoms with van der Waals surface area (Å²) in [6.07, 6.45) is 0. The zero-order chi connectivity index (χ0) is 15.5. The van der Waals surface area contributed by atoms with Crippen molar-refractivity contribution in [3.8, 4) is 11.1 Å². The first-order chi connectivity index (χ1) is 10.7. The van der Waals surface area contributed by atoms with Crippen LogP contribution >= 0.6 is 0 Å². The molecule has 3 rings (SSSR count). The number of carbonyl (C=O) groups excluding carboxylic acids is 1. The van der Waals surface area contributed by atoms with Gasteiger partial charge in [-0.05, 0) is 18.6 Å². The number of ether oxygens (including phenoxy) is 1. The fraction of sp³-hybridized carbons (Fsp3) is 0.111. The van der Waals surface area contributed by atoms with E-state index in [1.807, 2.05) is 42.5 Å². The highest BCUT2D eigenvalue weighted by molar-refractivity contribution is 6.05. The van der Waals surface area contributed by atoms with E-state index in [0.717, 1.165) is 5.56 Å². The molecule has 0 bridgehead atoms. The predicted molar refractivity (Wildman–Crippen MR) is 83.9 cm³/mol. The van der Waals surface area contributed by atoms with Crippen LogP contribution < -0.4 is 5.63 Å². The Hall–Kier alpha value is -2.88. The van der Waals surface area contributed by atoms with E-state index in [4.69, 9.17) is 9.15 Å². The Morgan fingerprint density at radius 3 is 2.45 bits per heavy atom. The molecular weight excluding hydrogens is 280 g/mol. The van der Waals surface area contributed by atoms with Crippen LogP contribution in [0.15, 0.2) is 63.8 Å². The van der Waals surface area contributed by atoms with Crippen LogP contribution in [0.5, 0.6) is 0 Å². The van der Waals surface area contributed by atoms with Crippen molar-refractivity contribution in [2.75, 3.05) is 6.61 Å². The molecule has 1 heterocycles. The normalized spacial score (nSPS) is 10.6. The fourth-order valence-electron chi connectivity index (χ4n) is 2.44. The molecule has 22 heavy (non-hydrogen) atoms. The minimum atomic E-state index is -0.684. The van der Waals surface area contributed by atoms with Crippen molar-refractivity contribution in [2.24, 2.45) is 0 Å². The molecule has 0 aliphatic carbocycles. The van der Waals surface area contributed by atoms with Crippen molar-refractivity contribution in [3.63, 3.8) is 0 Å². The number of esters is 1. The molecule has 0 aliphatic rings. The van der Waals surface area contributed by atoms with Gasteiger partial charge in [-0.25, -0.2) is 9.59 Å². The van der Waals surface area contributed by atoms with Gasteiger partial charge in [0.1, 0.15) is 5.58 Å². The van der Waals surface area contributed by atoms with Gasteiger partial charge in [0.2, 0.25) is 0 Å². The molecule has 3 aromatic rings. The van der Waals surface area contributed by atoms with Crippen molar-refractivity contribution >= 4 is 16.9 Å². The number of rotatable bonds is 3. The van der Waals surface area contributed by atoms with Gasteiger partial charge in [0, 0.05) is 10.9 Å². The van der Waals surface area contributed by atoms with Crippen molar-refractivity contribution in [3.05, 3.63) is 70.6 Å². The van der Waals surface area contributed by atoms with E-state index in [0.29, 0.717) is 16.5 Å². The van der Waals surface area contributed by atoms with Gasteiger partial charge in [-0.3, -0.25) is 0 Å². The molecule has 110 valence electrons. The van der Waals surface area contributed by atoms with E-state index in [-0.39, 0.29) is 12.2 Å². The Morgan fingerprint density at radius 2 is 1.73 bits per heavy atom. The summed E-state index contributed by atoms with van der Waals surface area (Å²) in [6.45, 7) is 1.89. The van der Waals surface area contributed by atoms with Crippen LogP contribution in [0, 0.1) is 0 Å². The summed E-state index contributed by atoms with van der Waals surface area (Å²) < 4.78 is 10.3. The Bertz CT molecular complexity index is 878. The maximum Gasteiger partial charge on any atom is 0.351 e. The summed E-state index contributed by atoms with van der Waals surface area (Å²) in [5.74, 6) is -0.666. The smallest absolute Gasteiger partial charge is 0.351 e. The second-order valence-corrected chi connectivity index (χ2v) is 4.72.